The Hall–Kier alpha value is -1.89. The Labute approximate surface area is 146 Å². The predicted molar refractivity (Wildman–Crippen MR) is 105 cm³/mol. The monoisotopic (exact) mass is 319 g/mol. The first-order valence-electron chi connectivity index (χ1n) is 9.50. The van der Waals surface area contributed by atoms with Crippen LogP contribution in [-0.2, 0) is 0 Å². The number of pyridine rings is 1. The summed E-state index contributed by atoms with van der Waals surface area (Å²) in [4.78, 5) is 4.93. The largest absolute Gasteiger partial charge is 0.248 e. The highest BCUT2D eigenvalue weighted by atomic mass is 14.7. The molecular weight excluding hydrogens is 290 g/mol. The lowest BCUT2D eigenvalue weighted by Gasteiger charge is -2.22. The lowest BCUT2D eigenvalue weighted by atomic mass is 9.84. The smallest absolute Gasteiger partial charge is 0.0712 e. The molecule has 0 aromatic carbocycles. The van der Waals surface area contributed by atoms with E-state index in [4.69, 9.17) is 4.98 Å². The maximum Gasteiger partial charge on any atom is 0.0712 e. The molecule has 0 aliphatic heterocycles. The average Bonchev–Trinajstić information content (AvgIpc) is 2.59. The lowest BCUT2D eigenvalue weighted by Crippen LogP contribution is -2.35. The highest BCUT2D eigenvalue weighted by Gasteiger charge is 2.17. The number of allylic oxidation sites excluding steroid dienone is 4. The van der Waals surface area contributed by atoms with E-state index < -0.39 is 0 Å². The van der Waals surface area contributed by atoms with Gasteiger partial charge in [0.15, 0.2) is 0 Å². The Morgan fingerprint density at radius 1 is 1.00 bits per heavy atom. The molecule has 1 saturated carbocycles. The molecule has 1 fully saturated rings. The van der Waals surface area contributed by atoms with Crippen molar-refractivity contribution < 1.29 is 0 Å². The van der Waals surface area contributed by atoms with Gasteiger partial charge in [-0.1, -0.05) is 75.6 Å². The van der Waals surface area contributed by atoms with Crippen molar-refractivity contribution in [1.82, 2.24) is 4.98 Å². The maximum atomic E-state index is 4.93. The zero-order valence-electron chi connectivity index (χ0n) is 14.8. The van der Waals surface area contributed by atoms with Gasteiger partial charge in [-0.25, -0.2) is 4.98 Å². The summed E-state index contributed by atoms with van der Waals surface area (Å²) in [5.41, 5.74) is 3.63. The molecule has 2 aliphatic rings. The van der Waals surface area contributed by atoms with E-state index >= 15 is 0 Å². The van der Waals surface area contributed by atoms with Gasteiger partial charge in [-0.2, -0.15) is 0 Å². The fourth-order valence-corrected chi connectivity index (χ4v) is 4.06. The zero-order valence-corrected chi connectivity index (χ0v) is 14.8. The van der Waals surface area contributed by atoms with Crippen molar-refractivity contribution >= 4 is 17.7 Å². The number of aromatic nitrogens is 1. The molecule has 0 N–H and O–H groups in total. The summed E-state index contributed by atoms with van der Waals surface area (Å²) in [6.45, 7) is 7.79. The molecule has 0 spiro atoms. The molecule has 1 heterocycles. The van der Waals surface area contributed by atoms with Crippen LogP contribution in [0.25, 0.3) is 17.7 Å². The second kappa shape index (κ2) is 8.28. The van der Waals surface area contributed by atoms with Gasteiger partial charge in [0, 0.05) is 0 Å². The molecule has 1 aromatic heterocycles. The summed E-state index contributed by atoms with van der Waals surface area (Å²) < 4.78 is 0. The summed E-state index contributed by atoms with van der Waals surface area (Å²) in [7, 11) is 0. The van der Waals surface area contributed by atoms with Crippen LogP contribution < -0.4 is 10.6 Å². The molecule has 0 radical (unpaired) electrons. The Morgan fingerprint density at radius 2 is 1.71 bits per heavy atom. The third-order valence-corrected chi connectivity index (χ3v) is 5.33. The molecule has 3 rings (SSSR count). The van der Waals surface area contributed by atoms with Crippen LogP contribution in [-0.4, -0.2) is 4.98 Å². The molecule has 2 aliphatic carbocycles. The first kappa shape index (κ1) is 17.0. The fraction of sp³-hybridized carbons (Fsp3) is 0.435. The van der Waals surface area contributed by atoms with Crippen molar-refractivity contribution in [2.24, 2.45) is 0 Å². The number of rotatable bonds is 4. The summed E-state index contributed by atoms with van der Waals surface area (Å²) in [6, 6.07) is 2.33. The molecule has 0 unspecified atom stereocenters. The molecule has 0 bridgehead atoms. The summed E-state index contributed by atoms with van der Waals surface area (Å²) in [5.74, 6) is 0.679. The van der Waals surface area contributed by atoms with E-state index in [9.17, 15) is 0 Å². The van der Waals surface area contributed by atoms with Gasteiger partial charge >= 0.3 is 0 Å². The minimum absolute atomic E-state index is 0.679. The van der Waals surface area contributed by atoms with Gasteiger partial charge in [-0.3, -0.25) is 0 Å². The Balaban J connectivity index is 2.11. The van der Waals surface area contributed by atoms with Crippen LogP contribution in [0.15, 0.2) is 37.5 Å². The summed E-state index contributed by atoms with van der Waals surface area (Å²) in [5, 5.41) is 2.57. The quantitative estimate of drug-likeness (QED) is 0.710. The molecule has 1 heteroatoms. The summed E-state index contributed by atoms with van der Waals surface area (Å²) in [6.07, 6.45) is 22.2. The normalized spacial score (nSPS) is 19.2. The van der Waals surface area contributed by atoms with Gasteiger partial charge in [0.1, 0.15) is 0 Å². The van der Waals surface area contributed by atoms with E-state index in [1.165, 1.54) is 61.1 Å². The molecule has 24 heavy (non-hydrogen) atoms. The third kappa shape index (κ3) is 3.77. The average molecular weight is 319 g/mol. The van der Waals surface area contributed by atoms with E-state index in [0.717, 1.165) is 24.1 Å². The maximum absolute atomic E-state index is 4.93. The number of hydrogen-bond acceptors (Lipinski definition) is 1. The first-order valence-corrected chi connectivity index (χ1v) is 9.50. The van der Waals surface area contributed by atoms with E-state index in [0.29, 0.717) is 5.92 Å². The van der Waals surface area contributed by atoms with Crippen LogP contribution in [0.4, 0.5) is 0 Å². The van der Waals surface area contributed by atoms with E-state index in [1.54, 1.807) is 0 Å². The SMILES string of the molecule is C=C/C=C(\C=C)c1cc(C2CCCCCCC2)c2c(n1)=CCCC=2. The van der Waals surface area contributed by atoms with Crippen molar-refractivity contribution in [1.29, 1.82) is 0 Å². The lowest BCUT2D eigenvalue weighted by molar-refractivity contribution is 0.454. The second-order valence-electron chi connectivity index (χ2n) is 6.99. The number of nitrogens with zero attached hydrogens (tertiary/aromatic N) is 1. The number of fused-ring (bicyclic) bond motifs is 1. The highest BCUT2D eigenvalue weighted by Crippen LogP contribution is 2.30. The van der Waals surface area contributed by atoms with Crippen molar-refractivity contribution in [2.75, 3.05) is 0 Å². The molecule has 126 valence electrons. The van der Waals surface area contributed by atoms with Crippen LogP contribution >= 0.6 is 0 Å². The zero-order chi connectivity index (χ0) is 16.8. The van der Waals surface area contributed by atoms with Crippen LogP contribution in [0.1, 0.15) is 75.0 Å². The topological polar surface area (TPSA) is 12.9 Å². The molecular formula is C23H29N. The minimum Gasteiger partial charge on any atom is -0.248 e. The molecule has 0 saturated heterocycles. The first-order chi connectivity index (χ1) is 11.8. The highest BCUT2D eigenvalue weighted by molar-refractivity contribution is 5.73. The predicted octanol–water partition coefficient (Wildman–Crippen LogP) is 5.02. The van der Waals surface area contributed by atoms with Gasteiger partial charge in [0.05, 0.1) is 11.0 Å². The van der Waals surface area contributed by atoms with Crippen molar-refractivity contribution in [3.63, 3.8) is 0 Å². The standard InChI is InChI=1S/C23H29N/c1-3-12-18(4-2)23-17-21(19-13-8-6-5-7-9-14-19)20-15-10-11-16-22(20)24-23/h3-4,12,15-17,19H,1-2,5-11,13-14H2/b18-12+. The van der Waals surface area contributed by atoms with Crippen molar-refractivity contribution in [3.05, 3.63) is 59.3 Å². The van der Waals surface area contributed by atoms with E-state index in [2.05, 4.69) is 31.4 Å². The van der Waals surface area contributed by atoms with Crippen LogP contribution in [0.2, 0.25) is 0 Å². The minimum atomic E-state index is 0.679. The fourth-order valence-electron chi connectivity index (χ4n) is 4.06. The molecule has 1 nitrogen and oxygen atoms in total. The van der Waals surface area contributed by atoms with Gasteiger partial charge in [-0.05, 0) is 54.0 Å². The van der Waals surface area contributed by atoms with E-state index in [1.807, 2.05) is 18.2 Å². The Morgan fingerprint density at radius 3 is 2.42 bits per heavy atom. The van der Waals surface area contributed by atoms with Gasteiger partial charge in [0.25, 0.3) is 0 Å². The molecule has 1 aromatic rings. The number of hydrogen-bond donors (Lipinski definition) is 0. The van der Waals surface area contributed by atoms with Gasteiger partial charge in [-0.15, -0.1) is 0 Å². The third-order valence-electron chi connectivity index (χ3n) is 5.33. The Kier molecular flexibility index (Phi) is 5.85. The van der Waals surface area contributed by atoms with Crippen molar-refractivity contribution in [2.45, 2.75) is 63.7 Å². The second-order valence-corrected chi connectivity index (χ2v) is 6.99. The van der Waals surface area contributed by atoms with Crippen LogP contribution in [0, 0.1) is 0 Å². The van der Waals surface area contributed by atoms with Gasteiger partial charge in [0.2, 0.25) is 0 Å². The van der Waals surface area contributed by atoms with Crippen LogP contribution in [0.3, 0.4) is 0 Å². The van der Waals surface area contributed by atoms with Gasteiger partial charge < -0.3 is 0 Å². The molecule has 0 atom stereocenters. The van der Waals surface area contributed by atoms with Crippen LogP contribution in [0.5, 0.6) is 0 Å². The summed E-state index contributed by atoms with van der Waals surface area (Å²) >= 11 is 0. The Bertz CT molecular complexity index is 743. The van der Waals surface area contributed by atoms with E-state index in [-0.39, 0.29) is 0 Å². The van der Waals surface area contributed by atoms with Crippen molar-refractivity contribution in [3.8, 4) is 0 Å². The molecule has 0 amide bonds.